The molecule has 0 radical (unpaired) electrons. The number of amides is 1. The topological polar surface area (TPSA) is 47.6 Å². The van der Waals surface area contributed by atoms with E-state index in [9.17, 15) is 4.79 Å². The van der Waals surface area contributed by atoms with Crippen molar-refractivity contribution in [2.45, 2.75) is 13.8 Å². The molecule has 0 atom stereocenters. The molecule has 23 heavy (non-hydrogen) atoms. The molecule has 0 fully saturated rings. The van der Waals surface area contributed by atoms with Crippen LogP contribution in [0.5, 0.6) is 11.5 Å². The molecule has 0 aliphatic heterocycles. The summed E-state index contributed by atoms with van der Waals surface area (Å²) in [7, 11) is 1.50. The van der Waals surface area contributed by atoms with Crippen molar-refractivity contribution in [1.82, 2.24) is 0 Å². The number of hydrogen-bond donors (Lipinski definition) is 1. The first-order valence-electron chi connectivity index (χ1n) is 7.04. The summed E-state index contributed by atoms with van der Waals surface area (Å²) in [6, 6.07) is 8.54. The van der Waals surface area contributed by atoms with Gasteiger partial charge in [0, 0.05) is 5.56 Å². The number of ether oxygens (including phenoxy) is 2. The van der Waals surface area contributed by atoms with E-state index in [-0.39, 0.29) is 5.91 Å². The molecule has 2 rings (SSSR count). The van der Waals surface area contributed by atoms with Gasteiger partial charge in [-0.25, -0.2) is 0 Å². The number of rotatable bonds is 5. The summed E-state index contributed by atoms with van der Waals surface area (Å²) in [5.41, 5.74) is 1.80. The Labute approximate surface area is 145 Å². The van der Waals surface area contributed by atoms with E-state index < -0.39 is 0 Å². The zero-order valence-corrected chi connectivity index (χ0v) is 14.6. The molecule has 4 nitrogen and oxygen atoms in total. The Bertz CT molecular complexity index is 712. The maximum atomic E-state index is 12.5. The van der Waals surface area contributed by atoms with Crippen molar-refractivity contribution in [3.63, 3.8) is 0 Å². The number of aryl methyl sites for hydroxylation is 1. The second kappa shape index (κ2) is 7.57. The Morgan fingerprint density at radius 2 is 1.96 bits per heavy atom. The van der Waals surface area contributed by atoms with Gasteiger partial charge in [-0.1, -0.05) is 35.3 Å². The van der Waals surface area contributed by atoms with Gasteiger partial charge in [0.15, 0.2) is 11.5 Å². The number of nitrogens with one attached hydrogen (secondary N) is 1. The van der Waals surface area contributed by atoms with E-state index in [0.717, 1.165) is 5.56 Å². The highest BCUT2D eigenvalue weighted by atomic mass is 35.5. The molecule has 0 aromatic heterocycles. The smallest absolute Gasteiger partial charge is 0.255 e. The molecule has 0 unspecified atom stereocenters. The molecule has 122 valence electrons. The molecule has 0 spiro atoms. The second-order valence-corrected chi connectivity index (χ2v) is 5.62. The first-order valence-corrected chi connectivity index (χ1v) is 7.80. The normalized spacial score (nSPS) is 10.3. The van der Waals surface area contributed by atoms with Crippen LogP contribution in [0.15, 0.2) is 30.3 Å². The van der Waals surface area contributed by atoms with Gasteiger partial charge in [-0.3, -0.25) is 4.79 Å². The molecule has 0 aliphatic rings. The lowest BCUT2D eigenvalue weighted by atomic mass is 10.1. The summed E-state index contributed by atoms with van der Waals surface area (Å²) in [5, 5.41) is 3.58. The number of benzene rings is 2. The van der Waals surface area contributed by atoms with E-state index in [1.165, 1.54) is 13.2 Å². The zero-order valence-electron chi connectivity index (χ0n) is 13.1. The van der Waals surface area contributed by atoms with Gasteiger partial charge >= 0.3 is 0 Å². The third kappa shape index (κ3) is 3.89. The Hall–Kier alpha value is -1.91. The monoisotopic (exact) mass is 353 g/mol. The number of anilines is 1. The Balaban J connectivity index is 2.36. The molecule has 0 aliphatic carbocycles. The third-order valence-electron chi connectivity index (χ3n) is 3.24. The van der Waals surface area contributed by atoms with Crippen molar-refractivity contribution >= 4 is 34.8 Å². The summed E-state index contributed by atoms with van der Waals surface area (Å²) in [4.78, 5) is 12.5. The number of carbonyl (C=O) groups excluding carboxylic acids is 1. The van der Waals surface area contributed by atoms with Crippen LogP contribution < -0.4 is 14.8 Å². The van der Waals surface area contributed by atoms with Gasteiger partial charge in [0.25, 0.3) is 5.91 Å². The third-order valence-corrected chi connectivity index (χ3v) is 3.83. The molecule has 0 saturated heterocycles. The first kappa shape index (κ1) is 17.4. The Kier molecular flexibility index (Phi) is 5.74. The van der Waals surface area contributed by atoms with Gasteiger partial charge in [0.1, 0.15) is 0 Å². The highest BCUT2D eigenvalue weighted by Crippen LogP contribution is 2.36. The van der Waals surface area contributed by atoms with Crippen molar-refractivity contribution in [3.05, 3.63) is 51.5 Å². The standard InChI is InChI=1S/C17H17Cl2NO3/c1-4-23-14-9-11(8-13(19)16(14)22-3)17(21)20-15-10(2)6-5-7-12(15)18/h5-9H,4H2,1-3H3,(H,20,21). The van der Waals surface area contributed by atoms with Gasteiger partial charge in [0.05, 0.1) is 29.4 Å². The van der Waals surface area contributed by atoms with E-state index in [2.05, 4.69) is 5.32 Å². The minimum absolute atomic E-state index is 0.305. The Morgan fingerprint density at radius 3 is 2.57 bits per heavy atom. The summed E-state index contributed by atoms with van der Waals surface area (Å²) >= 11 is 12.3. The minimum Gasteiger partial charge on any atom is -0.491 e. The molecule has 0 bridgehead atoms. The van der Waals surface area contributed by atoms with Crippen LogP contribution in [0.3, 0.4) is 0 Å². The van der Waals surface area contributed by atoms with Crippen LogP contribution in [-0.2, 0) is 0 Å². The molecule has 0 saturated carbocycles. The van der Waals surface area contributed by atoms with E-state index >= 15 is 0 Å². The van der Waals surface area contributed by atoms with E-state index in [1.807, 2.05) is 26.0 Å². The van der Waals surface area contributed by atoms with Crippen molar-refractivity contribution < 1.29 is 14.3 Å². The first-order chi connectivity index (χ1) is 11.0. The van der Waals surface area contributed by atoms with Crippen LogP contribution in [-0.4, -0.2) is 19.6 Å². The van der Waals surface area contributed by atoms with Crippen molar-refractivity contribution in [3.8, 4) is 11.5 Å². The summed E-state index contributed by atoms with van der Waals surface area (Å²) in [6.45, 7) is 4.14. The average Bonchev–Trinajstić information content (AvgIpc) is 2.51. The number of hydrogen-bond acceptors (Lipinski definition) is 3. The van der Waals surface area contributed by atoms with Crippen molar-refractivity contribution in [2.75, 3.05) is 19.0 Å². The van der Waals surface area contributed by atoms with Crippen LogP contribution >= 0.6 is 23.2 Å². The highest BCUT2D eigenvalue weighted by Gasteiger charge is 2.17. The lowest BCUT2D eigenvalue weighted by Crippen LogP contribution is -2.13. The molecule has 0 heterocycles. The van der Waals surface area contributed by atoms with Crippen molar-refractivity contribution in [1.29, 1.82) is 0 Å². The predicted molar refractivity (Wildman–Crippen MR) is 93.3 cm³/mol. The van der Waals surface area contributed by atoms with Gasteiger partial charge in [-0.05, 0) is 37.6 Å². The predicted octanol–water partition coefficient (Wildman–Crippen LogP) is 4.96. The van der Waals surface area contributed by atoms with Crippen LogP contribution in [0.1, 0.15) is 22.8 Å². The fourth-order valence-electron chi connectivity index (χ4n) is 2.14. The van der Waals surface area contributed by atoms with Gasteiger partial charge in [-0.15, -0.1) is 0 Å². The van der Waals surface area contributed by atoms with Crippen LogP contribution in [0.25, 0.3) is 0 Å². The lowest BCUT2D eigenvalue weighted by molar-refractivity contribution is 0.102. The quantitative estimate of drug-likeness (QED) is 0.825. The summed E-state index contributed by atoms with van der Waals surface area (Å²) in [6.07, 6.45) is 0. The number of methoxy groups -OCH3 is 1. The summed E-state index contributed by atoms with van der Waals surface area (Å²) in [5.74, 6) is 0.495. The molecule has 2 aromatic carbocycles. The van der Waals surface area contributed by atoms with E-state index in [0.29, 0.717) is 39.4 Å². The fourth-order valence-corrected chi connectivity index (χ4v) is 2.69. The molecule has 2 aromatic rings. The van der Waals surface area contributed by atoms with Gasteiger partial charge in [-0.2, -0.15) is 0 Å². The molecule has 1 amide bonds. The van der Waals surface area contributed by atoms with E-state index in [4.69, 9.17) is 32.7 Å². The molecule has 6 heteroatoms. The van der Waals surface area contributed by atoms with Gasteiger partial charge < -0.3 is 14.8 Å². The molecular weight excluding hydrogens is 337 g/mol. The van der Waals surface area contributed by atoms with Crippen LogP contribution in [0, 0.1) is 6.92 Å². The van der Waals surface area contributed by atoms with Crippen molar-refractivity contribution in [2.24, 2.45) is 0 Å². The van der Waals surface area contributed by atoms with Gasteiger partial charge in [0.2, 0.25) is 0 Å². The number of para-hydroxylation sites is 1. The largest absolute Gasteiger partial charge is 0.491 e. The minimum atomic E-state index is -0.327. The maximum Gasteiger partial charge on any atom is 0.255 e. The second-order valence-electron chi connectivity index (χ2n) is 4.81. The molecular formula is C17H17Cl2NO3. The Morgan fingerprint density at radius 1 is 1.22 bits per heavy atom. The fraction of sp³-hybridized carbons (Fsp3) is 0.235. The zero-order chi connectivity index (χ0) is 17.0. The molecule has 1 N–H and O–H groups in total. The van der Waals surface area contributed by atoms with E-state index in [1.54, 1.807) is 12.1 Å². The number of carbonyl (C=O) groups is 1. The maximum absolute atomic E-state index is 12.5. The highest BCUT2D eigenvalue weighted by molar-refractivity contribution is 6.34. The number of halogens is 2. The lowest BCUT2D eigenvalue weighted by Gasteiger charge is -2.14. The summed E-state index contributed by atoms with van der Waals surface area (Å²) < 4.78 is 10.7. The average molecular weight is 354 g/mol. The SMILES string of the molecule is CCOc1cc(C(=O)Nc2c(C)cccc2Cl)cc(Cl)c1OC. The van der Waals surface area contributed by atoms with Crippen LogP contribution in [0.4, 0.5) is 5.69 Å². The van der Waals surface area contributed by atoms with Crippen LogP contribution in [0.2, 0.25) is 10.0 Å².